The van der Waals surface area contributed by atoms with Crippen molar-refractivity contribution in [2.45, 2.75) is 57.7 Å². The van der Waals surface area contributed by atoms with Crippen LogP contribution in [0.2, 0.25) is 0 Å². The summed E-state index contributed by atoms with van der Waals surface area (Å²) in [4.78, 5) is 0. The van der Waals surface area contributed by atoms with Gasteiger partial charge in [-0.3, -0.25) is 4.68 Å². The zero-order valence-corrected chi connectivity index (χ0v) is 13.2. The zero-order chi connectivity index (χ0) is 14.6. The minimum Gasteiger partial charge on any atom is -0.308 e. The second kappa shape index (κ2) is 6.72. The fourth-order valence-corrected chi connectivity index (χ4v) is 3.84. The van der Waals surface area contributed by atoms with Crippen LogP contribution in [0.5, 0.6) is 0 Å². The predicted octanol–water partition coefficient (Wildman–Crippen LogP) is 1.91. The monoisotopic (exact) mass is 299 g/mol. The number of hydrogen-bond donors (Lipinski definition) is 1. The minimum atomic E-state index is -2.93. The molecule has 6 heteroatoms. The van der Waals surface area contributed by atoms with Crippen LogP contribution < -0.4 is 5.32 Å². The van der Waals surface area contributed by atoms with Crippen LogP contribution in [-0.2, 0) is 16.4 Å². The lowest BCUT2D eigenvalue weighted by molar-refractivity contribution is 0.327. The van der Waals surface area contributed by atoms with E-state index in [1.54, 1.807) is 0 Å². The molecular weight excluding hydrogens is 274 g/mol. The van der Waals surface area contributed by atoms with E-state index in [1.165, 1.54) is 38.4 Å². The predicted molar refractivity (Wildman–Crippen MR) is 80.4 cm³/mol. The van der Waals surface area contributed by atoms with Gasteiger partial charge in [-0.1, -0.05) is 19.3 Å². The first kappa shape index (κ1) is 15.5. The van der Waals surface area contributed by atoms with Crippen LogP contribution >= 0.6 is 0 Å². The molecule has 1 aliphatic rings. The van der Waals surface area contributed by atoms with Crippen molar-refractivity contribution in [1.82, 2.24) is 15.1 Å². The van der Waals surface area contributed by atoms with Gasteiger partial charge in [-0.15, -0.1) is 0 Å². The largest absolute Gasteiger partial charge is 0.308 e. The van der Waals surface area contributed by atoms with Crippen molar-refractivity contribution < 1.29 is 8.42 Å². The number of aromatic nitrogens is 2. The molecule has 0 bridgehead atoms. The van der Waals surface area contributed by atoms with Crippen LogP contribution in [0.15, 0.2) is 12.3 Å². The van der Waals surface area contributed by atoms with Gasteiger partial charge in [0.15, 0.2) is 0 Å². The highest BCUT2D eigenvalue weighted by molar-refractivity contribution is 7.90. The van der Waals surface area contributed by atoms with E-state index in [0.29, 0.717) is 12.6 Å². The van der Waals surface area contributed by atoms with Crippen molar-refractivity contribution >= 4 is 9.84 Å². The highest BCUT2D eigenvalue weighted by Crippen LogP contribution is 2.27. The van der Waals surface area contributed by atoms with Gasteiger partial charge in [0.05, 0.1) is 17.5 Å². The molecule has 5 nitrogen and oxygen atoms in total. The van der Waals surface area contributed by atoms with Gasteiger partial charge in [-0.05, 0) is 25.8 Å². The Balaban J connectivity index is 1.83. The van der Waals surface area contributed by atoms with Crippen molar-refractivity contribution in [3.63, 3.8) is 0 Å². The van der Waals surface area contributed by atoms with Crippen LogP contribution in [-0.4, -0.2) is 36.2 Å². The van der Waals surface area contributed by atoms with E-state index in [1.807, 2.05) is 19.2 Å². The molecule has 0 spiro atoms. The molecule has 1 heterocycles. The fourth-order valence-electron chi connectivity index (χ4n) is 2.81. The Labute approximate surface area is 121 Å². The summed E-state index contributed by atoms with van der Waals surface area (Å²) in [7, 11) is -2.93. The Bertz CT molecular complexity index is 518. The van der Waals surface area contributed by atoms with E-state index in [-0.39, 0.29) is 11.8 Å². The second-order valence-electron chi connectivity index (χ2n) is 5.95. The lowest BCUT2D eigenvalue weighted by Crippen LogP contribution is -2.32. The van der Waals surface area contributed by atoms with Crippen LogP contribution in [0.1, 0.15) is 50.8 Å². The maximum Gasteiger partial charge on any atom is 0.148 e. The maximum absolute atomic E-state index is 11.2. The molecule has 20 heavy (non-hydrogen) atoms. The highest BCUT2D eigenvalue weighted by atomic mass is 32.2. The molecule has 0 aromatic carbocycles. The molecule has 1 atom stereocenters. The molecule has 114 valence electrons. The average molecular weight is 299 g/mol. The van der Waals surface area contributed by atoms with Gasteiger partial charge in [-0.2, -0.15) is 5.10 Å². The molecule has 0 aliphatic heterocycles. The quantitative estimate of drug-likeness (QED) is 0.871. The molecule has 0 saturated heterocycles. The van der Waals surface area contributed by atoms with Gasteiger partial charge in [-0.25, -0.2) is 8.42 Å². The summed E-state index contributed by atoms with van der Waals surface area (Å²) in [5, 5.41) is 7.82. The number of sulfone groups is 1. The molecule has 1 fully saturated rings. The molecule has 1 aromatic heterocycles. The highest BCUT2D eigenvalue weighted by Gasteiger charge is 2.16. The standard InChI is InChI=1S/C14H25N3O2S/c1-12(11-20(2,18)19)15-10-13-8-9-17(16-13)14-6-4-3-5-7-14/h8-9,12,14-15H,3-7,10-11H2,1-2H3. The molecule has 1 aliphatic carbocycles. The van der Waals surface area contributed by atoms with Gasteiger partial charge in [0.25, 0.3) is 0 Å². The van der Waals surface area contributed by atoms with Gasteiger partial charge in [0.1, 0.15) is 9.84 Å². The van der Waals surface area contributed by atoms with E-state index in [0.717, 1.165) is 5.69 Å². The van der Waals surface area contributed by atoms with E-state index < -0.39 is 9.84 Å². The van der Waals surface area contributed by atoms with Gasteiger partial charge >= 0.3 is 0 Å². The first-order valence-electron chi connectivity index (χ1n) is 7.39. The summed E-state index contributed by atoms with van der Waals surface area (Å²) in [6.45, 7) is 2.51. The average Bonchev–Trinajstić information content (AvgIpc) is 2.84. The summed E-state index contributed by atoms with van der Waals surface area (Å²) in [5.41, 5.74) is 0.982. The number of rotatable bonds is 6. The smallest absolute Gasteiger partial charge is 0.148 e. The Morgan fingerprint density at radius 3 is 2.75 bits per heavy atom. The third-order valence-electron chi connectivity index (χ3n) is 3.80. The normalized spacial score (nSPS) is 19.1. The summed E-state index contributed by atoms with van der Waals surface area (Å²) >= 11 is 0. The Morgan fingerprint density at radius 2 is 2.10 bits per heavy atom. The minimum absolute atomic E-state index is 0.0511. The molecule has 1 saturated carbocycles. The summed E-state index contributed by atoms with van der Waals surface area (Å²) in [6, 6.07) is 2.52. The second-order valence-corrected chi connectivity index (χ2v) is 8.14. The topological polar surface area (TPSA) is 64.0 Å². The van der Waals surface area contributed by atoms with Crippen molar-refractivity contribution in [2.75, 3.05) is 12.0 Å². The van der Waals surface area contributed by atoms with Gasteiger partial charge in [0, 0.05) is 25.0 Å². The van der Waals surface area contributed by atoms with E-state index in [4.69, 9.17) is 0 Å². The first-order chi connectivity index (χ1) is 9.44. The van der Waals surface area contributed by atoms with Crippen LogP contribution in [0.3, 0.4) is 0 Å². The Morgan fingerprint density at radius 1 is 1.40 bits per heavy atom. The van der Waals surface area contributed by atoms with Crippen molar-refractivity contribution in [1.29, 1.82) is 0 Å². The van der Waals surface area contributed by atoms with Gasteiger partial charge < -0.3 is 5.32 Å². The van der Waals surface area contributed by atoms with Crippen molar-refractivity contribution in [3.05, 3.63) is 18.0 Å². The maximum atomic E-state index is 11.2. The molecule has 1 aromatic rings. The summed E-state index contributed by atoms with van der Waals surface area (Å²) < 4.78 is 24.5. The molecule has 1 N–H and O–H groups in total. The molecule has 0 radical (unpaired) electrons. The molecule has 1 unspecified atom stereocenters. The van der Waals surface area contributed by atoms with Gasteiger partial charge in [0.2, 0.25) is 0 Å². The van der Waals surface area contributed by atoms with Crippen LogP contribution in [0.4, 0.5) is 0 Å². The van der Waals surface area contributed by atoms with Crippen molar-refractivity contribution in [2.24, 2.45) is 0 Å². The SMILES string of the molecule is CC(CS(C)(=O)=O)NCc1ccn(C2CCCCC2)n1. The van der Waals surface area contributed by atoms with Crippen molar-refractivity contribution in [3.8, 4) is 0 Å². The summed E-state index contributed by atoms with van der Waals surface area (Å²) in [5.74, 6) is 0.163. The summed E-state index contributed by atoms with van der Waals surface area (Å²) in [6.07, 6.45) is 9.69. The third-order valence-corrected chi connectivity index (χ3v) is 4.90. The first-order valence-corrected chi connectivity index (χ1v) is 9.45. The number of nitrogens with zero attached hydrogens (tertiary/aromatic N) is 2. The molecule has 0 amide bonds. The lowest BCUT2D eigenvalue weighted by Gasteiger charge is -2.21. The van der Waals surface area contributed by atoms with E-state index in [9.17, 15) is 8.42 Å². The molecule has 2 rings (SSSR count). The number of nitrogens with one attached hydrogen (secondary N) is 1. The Hall–Kier alpha value is -0.880. The van der Waals surface area contributed by atoms with E-state index in [2.05, 4.69) is 15.1 Å². The fraction of sp³-hybridized carbons (Fsp3) is 0.786. The van der Waals surface area contributed by atoms with E-state index >= 15 is 0 Å². The number of hydrogen-bond acceptors (Lipinski definition) is 4. The third kappa shape index (κ3) is 4.90. The van der Waals surface area contributed by atoms with Crippen LogP contribution in [0, 0.1) is 0 Å². The Kier molecular flexibility index (Phi) is 5.21. The zero-order valence-electron chi connectivity index (χ0n) is 12.4. The molecular formula is C14H25N3O2S. The lowest BCUT2D eigenvalue weighted by atomic mass is 9.96. The van der Waals surface area contributed by atoms with Crippen LogP contribution in [0.25, 0.3) is 0 Å².